The fraction of sp³-hybridized carbons (Fsp3) is 0.143. The number of aryl methyl sites for hydroxylation is 1. The summed E-state index contributed by atoms with van der Waals surface area (Å²) in [7, 11) is 0. The molecule has 2 amide bonds. The van der Waals surface area contributed by atoms with Crippen molar-refractivity contribution in [2.75, 3.05) is 5.32 Å². The monoisotopic (exact) mass is 466 g/mol. The zero-order chi connectivity index (χ0) is 24.6. The quantitative estimate of drug-likeness (QED) is 0.377. The maximum Gasteiger partial charge on any atom is 0.255 e. The molecule has 4 aromatic rings. The third-order valence-electron chi connectivity index (χ3n) is 5.55. The van der Waals surface area contributed by atoms with Crippen molar-refractivity contribution in [3.8, 4) is 5.75 Å². The highest BCUT2D eigenvalue weighted by Crippen LogP contribution is 2.24. The van der Waals surface area contributed by atoms with Gasteiger partial charge in [0.1, 0.15) is 12.4 Å². The van der Waals surface area contributed by atoms with Gasteiger partial charge in [-0.15, -0.1) is 0 Å². The van der Waals surface area contributed by atoms with E-state index in [0.29, 0.717) is 23.4 Å². The highest BCUT2D eigenvalue weighted by Gasteiger charge is 2.18. The largest absolute Gasteiger partial charge is 0.489 e. The van der Waals surface area contributed by atoms with Gasteiger partial charge in [-0.25, -0.2) is 0 Å². The third-order valence-corrected chi connectivity index (χ3v) is 5.55. The summed E-state index contributed by atoms with van der Waals surface area (Å²) in [4.78, 5) is 33.8. The molecule has 7 heteroatoms. The molecule has 35 heavy (non-hydrogen) atoms. The van der Waals surface area contributed by atoms with Gasteiger partial charge in [0.25, 0.3) is 11.8 Å². The number of para-hydroxylation sites is 1. The predicted octanol–water partition coefficient (Wildman–Crippen LogP) is 5.11. The van der Waals surface area contributed by atoms with Crippen LogP contribution in [0.5, 0.6) is 5.75 Å². The zero-order valence-corrected chi connectivity index (χ0v) is 19.6. The molecule has 2 heterocycles. The van der Waals surface area contributed by atoms with Gasteiger partial charge in [0.05, 0.1) is 17.3 Å². The fourth-order valence-electron chi connectivity index (χ4n) is 3.57. The maximum atomic E-state index is 13.1. The van der Waals surface area contributed by atoms with E-state index in [1.807, 2.05) is 56.3 Å². The van der Waals surface area contributed by atoms with Gasteiger partial charge in [-0.3, -0.25) is 19.6 Å². The highest BCUT2D eigenvalue weighted by molar-refractivity contribution is 6.09. The minimum Gasteiger partial charge on any atom is -0.489 e. The molecule has 4 rings (SSSR count). The van der Waals surface area contributed by atoms with E-state index >= 15 is 0 Å². The third kappa shape index (κ3) is 6.09. The number of carbonyl (C=O) groups is 2. The highest BCUT2D eigenvalue weighted by atomic mass is 16.5. The van der Waals surface area contributed by atoms with Crippen LogP contribution < -0.4 is 15.4 Å². The molecule has 176 valence electrons. The molecule has 0 saturated heterocycles. The summed E-state index contributed by atoms with van der Waals surface area (Å²) in [6.07, 6.45) is 6.60. The Hall–Kier alpha value is -4.52. The molecule has 7 nitrogen and oxygen atoms in total. The van der Waals surface area contributed by atoms with Gasteiger partial charge in [-0.1, -0.05) is 30.3 Å². The first-order chi connectivity index (χ1) is 17.0. The Bertz CT molecular complexity index is 1290. The summed E-state index contributed by atoms with van der Waals surface area (Å²) in [5.74, 6) is 0.157. The van der Waals surface area contributed by atoms with Crippen molar-refractivity contribution in [2.45, 2.75) is 26.5 Å². The number of rotatable bonds is 8. The summed E-state index contributed by atoms with van der Waals surface area (Å²) < 4.78 is 5.81. The van der Waals surface area contributed by atoms with Crippen molar-refractivity contribution in [1.29, 1.82) is 0 Å². The lowest BCUT2D eigenvalue weighted by Crippen LogP contribution is -2.28. The number of aromatic nitrogens is 2. The number of carbonyl (C=O) groups excluding carboxylic acids is 2. The first kappa shape index (κ1) is 23.6. The summed E-state index contributed by atoms with van der Waals surface area (Å²) >= 11 is 0. The lowest BCUT2D eigenvalue weighted by molar-refractivity contribution is 0.0940. The van der Waals surface area contributed by atoms with Crippen molar-refractivity contribution in [2.24, 2.45) is 0 Å². The van der Waals surface area contributed by atoms with Gasteiger partial charge < -0.3 is 15.4 Å². The standard InChI is InChI=1S/C28H26N4O3/c1-19-5-3-7-25(26(19)32-27(33)23-12-15-29-16-13-23)28(34)31-20(2)22-8-10-24(11-9-22)35-18-21-6-4-14-30-17-21/h3-17,20H,18H2,1-2H3,(H,31,34)(H,32,33). The summed E-state index contributed by atoms with van der Waals surface area (Å²) in [6, 6.07) is 19.8. The van der Waals surface area contributed by atoms with Crippen LogP contribution in [0.4, 0.5) is 5.69 Å². The van der Waals surface area contributed by atoms with E-state index in [9.17, 15) is 9.59 Å². The average molecular weight is 467 g/mol. The number of hydrogen-bond acceptors (Lipinski definition) is 5. The molecule has 0 spiro atoms. The predicted molar refractivity (Wildman–Crippen MR) is 134 cm³/mol. The Kier molecular flexibility index (Phi) is 7.47. The van der Waals surface area contributed by atoms with Crippen LogP contribution in [-0.4, -0.2) is 21.8 Å². The van der Waals surface area contributed by atoms with Crippen LogP contribution in [0.15, 0.2) is 91.5 Å². The van der Waals surface area contributed by atoms with Crippen molar-refractivity contribution in [3.63, 3.8) is 0 Å². The number of nitrogens with one attached hydrogen (secondary N) is 2. The van der Waals surface area contributed by atoms with Crippen LogP contribution in [0.1, 0.15) is 50.4 Å². The summed E-state index contributed by atoms with van der Waals surface area (Å²) in [6.45, 7) is 4.20. The first-order valence-corrected chi connectivity index (χ1v) is 11.2. The lowest BCUT2D eigenvalue weighted by atomic mass is 10.0. The maximum absolute atomic E-state index is 13.1. The zero-order valence-electron chi connectivity index (χ0n) is 19.6. The Morgan fingerprint density at radius 3 is 2.37 bits per heavy atom. The van der Waals surface area contributed by atoms with Gasteiger partial charge in [-0.05, 0) is 61.4 Å². The molecule has 0 saturated carbocycles. The molecule has 2 aromatic heterocycles. The Balaban J connectivity index is 1.42. The van der Waals surface area contributed by atoms with Crippen LogP contribution in [-0.2, 0) is 6.61 Å². The number of amides is 2. The molecule has 0 aliphatic rings. The topological polar surface area (TPSA) is 93.2 Å². The summed E-state index contributed by atoms with van der Waals surface area (Å²) in [5, 5.41) is 5.90. The minimum absolute atomic E-state index is 0.251. The number of anilines is 1. The molecule has 0 aliphatic carbocycles. The van der Waals surface area contributed by atoms with Crippen LogP contribution in [0.25, 0.3) is 0 Å². The van der Waals surface area contributed by atoms with Crippen LogP contribution in [0.3, 0.4) is 0 Å². The van der Waals surface area contributed by atoms with Gasteiger partial charge in [0.2, 0.25) is 0 Å². The van der Waals surface area contributed by atoms with Gasteiger partial charge in [-0.2, -0.15) is 0 Å². The molecule has 0 radical (unpaired) electrons. The Morgan fingerprint density at radius 2 is 1.66 bits per heavy atom. The minimum atomic E-state index is -0.300. The SMILES string of the molecule is Cc1cccc(C(=O)NC(C)c2ccc(OCc3cccnc3)cc2)c1NC(=O)c1ccncc1. The normalized spacial score (nSPS) is 11.4. The van der Waals surface area contributed by atoms with Crippen molar-refractivity contribution in [1.82, 2.24) is 15.3 Å². The smallest absolute Gasteiger partial charge is 0.255 e. The van der Waals surface area contributed by atoms with E-state index in [1.54, 1.807) is 49.1 Å². The molecule has 0 aliphatic heterocycles. The number of pyridine rings is 2. The van der Waals surface area contributed by atoms with E-state index in [0.717, 1.165) is 22.4 Å². The Labute approximate surface area is 204 Å². The van der Waals surface area contributed by atoms with E-state index in [4.69, 9.17) is 4.74 Å². The molecular weight excluding hydrogens is 440 g/mol. The van der Waals surface area contributed by atoms with Crippen molar-refractivity contribution >= 4 is 17.5 Å². The number of ether oxygens (including phenoxy) is 1. The molecule has 1 atom stereocenters. The fourth-order valence-corrected chi connectivity index (χ4v) is 3.57. The summed E-state index contributed by atoms with van der Waals surface area (Å²) in [5.41, 5.74) is 4.06. The van der Waals surface area contributed by atoms with Gasteiger partial charge in [0, 0.05) is 35.9 Å². The molecule has 1 unspecified atom stereocenters. The Morgan fingerprint density at radius 1 is 0.886 bits per heavy atom. The van der Waals surface area contributed by atoms with Gasteiger partial charge >= 0.3 is 0 Å². The molecular formula is C28H26N4O3. The van der Waals surface area contributed by atoms with Crippen LogP contribution >= 0.6 is 0 Å². The second-order valence-electron chi connectivity index (χ2n) is 8.10. The second kappa shape index (κ2) is 11.1. The lowest BCUT2D eigenvalue weighted by Gasteiger charge is -2.18. The van der Waals surface area contributed by atoms with E-state index in [-0.39, 0.29) is 17.9 Å². The number of hydrogen-bond donors (Lipinski definition) is 2. The molecule has 2 aromatic carbocycles. The number of nitrogens with zero attached hydrogens (tertiary/aromatic N) is 2. The van der Waals surface area contributed by atoms with Crippen molar-refractivity contribution in [3.05, 3.63) is 119 Å². The van der Waals surface area contributed by atoms with Gasteiger partial charge in [0.15, 0.2) is 0 Å². The molecule has 2 N–H and O–H groups in total. The first-order valence-electron chi connectivity index (χ1n) is 11.2. The van der Waals surface area contributed by atoms with E-state index < -0.39 is 0 Å². The van der Waals surface area contributed by atoms with E-state index in [1.165, 1.54) is 0 Å². The average Bonchev–Trinajstić information content (AvgIpc) is 2.90. The second-order valence-corrected chi connectivity index (χ2v) is 8.10. The van der Waals surface area contributed by atoms with Crippen LogP contribution in [0, 0.1) is 6.92 Å². The van der Waals surface area contributed by atoms with E-state index in [2.05, 4.69) is 20.6 Å². The number of benzene rings is 2. The van der Waals surface area contributed by atoms with Crippen LogP contribution in [0.2, 0.25) is 0 Å². The molecule has 0 bridgehead atoms. The van der Waals surface area contributed by atoms with Crippen molar-refractivity contribution < 1.29 is 14.3 Å². The molecule has 0 fully saturated rings.